The van der Waals surface area contributed by atoms with Crippen LogP contribution >= 0.6 is 31.9 Å². The fraction of sp³-hybridized carbons (Fsp3) is 0.0667. The average Bonchev–Trinajstić information content (AvgIpc) is 2.56. The maximum absolute atomic E-state index is 11.9. The molecule has 0 radical (unpaired) electrons. The first-order chi connectivity index (χ1) is 11.8. The molecule has 0 aliphatic heterocycles. The summed E-state index contributed by atoms with van der Waals surface area (Å²) in [5, 5.41) is 22.7. The second-order valence-electron chi connectivity index (χ2n) is 4.71. The zero-order valence-corrected chi connectivity index (χ0v) is 15.5. The van der Waals surface area contributed by atoms with Crippen LogP contribution in [0.2, 0.25) is 0 Å². The van der Waals surface area contributed by atoms with Gasteiger partial charge in [-0.3, -0.25) is 14.9 Å². The molecule has 2 rings (SSSR count). The summed E-state index contributed by atoms with van der Waals surface area (Å²) in [4.78, 5) is 33.8. The molecule has 8 nitrogen and oxygen atoms in total. The van der Waals surface area contributed by atoms with Gasteiger partial charge in [-0.2, -0.15) is 0 Å². The van der Waals surface area contributed by atoms with E-state index in [1.54, 1.807) is 6.07 Å². The highest BCUT2D eigenvalue weighted by atomic mass is 79.9. The molecule has 0 heterocycles. The number of rotatable bonds is 5. The minimum atomic E-state index is -0.864. The Morgan fingerprint density at radius 1 is 1.20 bits per heavy atom. The van der Waals surface area contributed by atoms with Crippen LogP contribution in [0.4, 0.5) is 11.4 Å². The van der Waals surface area contributed by atoms with Gasteiger partial charge < -0.3 is 15.2 Å². The molecule has 2 N–H and O–H groups in total. The largest absolute Gasteiger partial charge is 0.507 e. The summed E-state index contributed by atoms with van der Waals surface area (Å²) in [5.41, 5.74) is 0.0667. The number of esters is 1. The van der Waals surface area contributed by atoms with Crippen molar-refractivity contribution in [2.75, 3.05) is 11.9 Å². The highest BCUT2D eigenvalue weighted by Crippen LogP contribution is 2.27. The summed E-state index contributed by atoms with van der Waals surface area (Å²) in [6, 6.07) is 8.04. The summed E-state index contributed by atoms with van der Waals surface area (Å²) >= 11 is 6.27. The number of nitro benzene ring substituents is 1. The van der Waals surface area contributed by atoms with Crippen LogP contribution in [-0.2, 0) is 9.53 Å². The number of ether oxygens (including phenoxy) is 1. The number of nitro groups is 1. The van der Waals surface area contributed by atoms with Crippen molar-refractivity contribution in [1.29, 1.82) is 0 Å². The van der Waals surface area contributed by atoms with Crippen molar-refractivity contribution in [2.45, 2.75) is 0 Å². The molecule has 10 heteroatoms. The Kier molecular flexibility index (Phi) is 6.10. The highest BCUT2D eigenvalue weighted by Gasteiger charge is 2.16. The first-order valence-electron chi connectivity index (χ1n) is 6.67. The van der Waals surface area contributed by atoms with Gasteiger partial charge in [-0.25, -0.2) is 4.79 Å². The Morgan fingerprint density at radius 3 is 2.56 bits per heavy atom. The Morgan fingerprint density at radius 2 is 1.92 bits per heavy atom. The number of benzene rings is 2. The molecule has 2 aromatic carbocycles. The number of aromatic hydroxyl groups is 1. The standard InChI is InChI=1S/C15H10Br2N2O6/c16-8-1-4-13(20)10(5-8)15(22)25-7-14(21)18-12-3-2-9(19(23)24)6-11(12)17/h1-6,20H,7H2,(H,18,21). The van der Waals surface area contributed by atoms with Gasteiger partial charge in [-0.15, -0.1) is 0 Å². The van der Waals surface area contributed by atoms with Gasteiger partial charge in [0.2, 0.25) is 0 Å². The first-order valence-corrected chi connectivity index (χ1v) is 8.26. The van der Waals surface area contributed by atoms with Gasteiger partial charge in [0.05, 0.1) is 10.6 Å². The lowest BCUT2D eigenvalue weighted by molar-refractivity contribution is -0.384. The number of nitrogens with one attached hydrogen (secondary N) is 1. The van der Waals surface area contributed by atoms with E-state index in [4.69, 9.17) is 4.74 Å². The maximum Gasteiger partial charge on any atom is 0.342 e. The number of halogens is 2. The van der Waals surface area contributed by atoms with E-state index in [0.29, 0.717) is 8.95 Å². The number of hydrogen-bond donors (Lipinski definition) is 2. The summed E-state index contributed by atoms with van der Waals surface area (Å²) in [5.74, 6) is -1.78. The number of nitrogens with zero attached hydrogens (tertiary/aromatic N) is 1. The lowest BCUT2D eigenvalue weighted by atomic mass is 10.2. The second-order valence-corrected chi connectivity index (χ2v) is 6.48. The van der Waals surface area contributed by atoms with E-state index >= 15 is 0 Å². The maximum atomic E-state index is 11.9. The fourth-order valence-corrected chi connectivity index (χ4v) is 2.61. The molecule has 0 aromatic heterocycles. The number of anilines is 1. The Hall–Kier alpha value is -2.46. The van der Waals surface area contributed by atoms with Gasteiger partial charge in [0.25, 0.3) is 11.6 Å². The number of phenols is 1. The Labute approximate surface area is 158 Å². The molecule has 130 valence electrons. The van der Waals surface area contributed by atoms with Crippen LogP contribution in [-0.4, -0.2) is 28.5 Å². The predicted molar refractivity (Wildman–Crippen MR) is 95.5 cm³/mol. The molecule has 1 amide bonds. The van der Waals surface area contributed by atoms with Gasteiger partial charge in [-0.05, 0) is 40.2 Å². The number of non-ortho nitro benzene ring substituents is 1. The van der Waals surface area contributed by atoms with Crippen molar-refractivity contribution in [3.05, 3.63) is 61.0 Å². The van der Waals surface area contributed by atoms with Crippen LogP contribution in [0.1, 0.15) is 10.4 Å². The number of phenolic OH excluding ortho intramolecular Hbond substituents is 1. The van der Waals surface area contributed by atoms with E-state index < -0.39 is 23.4 Å². The third-order valence-corrected chi connectivity index (χ3v) is 4.10. The molecule has 0 aliphatic rings. The van der Waals surface area contributed by atoms with Crippen molar-refractivity contribution >= 4 is 55.1 Å². The zero-order valence-electron chi connectivity index (χ0n) is 12.4. The summed E-state index contributed by atoms with van der Waals surface area (Å²) in [6.45, 7) is -0.589. The quantitative estimate of drug-likeness (QED) is 0.389. The first kappa shape index (κ1) is 18.9. The van der Waals surface area contributed by atoms with Gasteiger partial charge in [0, 0.05) is 21.1 Å². The van der Waals surface area contributed by atoms with E-state index in [0.717, 1.165) is 0 Å². The molecule has 0 bridgehead atoms. The van der Waals surface area contributed by atoms with Crippen molar-refractivity contribution in [2.24, 2.45) is 0 Å². The fourth-order valence-electron chi connectivity index (χ4n) is 1.79. The summed E-state index contributed by atoms with van der Waals surface area (Å²) < 4.78 is 5.72. The number of hydrogen-bond acceptors (Lipinski definition) is 6. The Bertz CT molecular complexity index is 856. The lowest BCUT2D eigenvalue weighted by Crippen LogP contribution is -2.21. The smallest absolute Gasteiger partial charge is 0.342 e. The minimum absolute atomic E-state index is 0.0845. The van der Waals surface area contributed by atoms with Gasteiger partial charge in [0.15, 0.2) is 6.61 Å². The van der Waals surface area contributed by atoms with E-state index in [-0.39, 0.29) is 22.7 Å². The minimum Gasteiger partial charge on any atom is -0.507 e. The summed E-state index contributed by atoms with van der Waals surface area (Å²) in [6.07, 6.45) is 0. The molecule has 0 atom stereocenters. The van der Waals surface area contributed by atoms with Crippen LogP contribution in [0.15, 0.2) is 45.3 Å². The molecule has 25 heavy (non-hydrogen) atoms. The molecular formula is C15H10Br2N2O6. The molecule has 0 saturated carbocycles. The van der Waals surface area contributed by atoms with Crippen LogP contribution in [0.5, 0.6) is 5.75 Å². The van der Waals surface area contributed by atoms with Crippen molar-refractivity contribution < 1.29 is 24.4 Å². The molecule has 2 aromatic rings. The van der Waals surface area contributed by atoms with E-state index in [1.807, 2.05) is 0 Å². The van der Waals surface area contributed by atoms with Gasteiger partial charge in [0.1, 0.15) is 11.3 Å². The highest BCUT2D eigenvalue weighted by molar-refractivity contribution is 9.10. The van der Waals surface area contributed by atoms with Gasteiger partial charge in [-0.1, -0.05) is 15.9 Å². The van der Waals surface area contributed by atoms with Crippen LogP contribution in [0.3, 0.4) is 0 Å². The second kappa shape index (κ2) is 8.08. The van der Waals surface area contributed by atoms with Crippen molar-refractivity contribution in [1.82, 2.24) is 0 Å². The number of carbonyl (C=O) groups is 2. The number of amides is 1. The number of carbonyl (C=O) groups excluding carboxylic acids is 2. The van der Waals surface area contributed by atoms with E-state index in [2.05, 4.69) is 37.2 Å². The van der Waals surface area contributed by atoms with Gasteiger partial charge >= 0.3 is 5.97 Å². The third-order valence-electron chi connectivity index (χ3n) is 2.95. The average molecular weight is 474 g/mol. The summed E-state index contributed by atoms with van der Waals surface area (Å²) in [7, 11) is 0. The molecular weight excluding hydrogens is 464 g/mol. The predicted octanol–water partition coefficient (Wildman–Crippen LogP) is 3.62. The normalized spacial score (nSPS) is 10.2. The zero-order chi connectivity index (χ0) is 18.6. The van der Waals surface area contributed by atoms with Crippen molar-refractivity contribution in [3.8, 4) is 5.75 Å². The SMILES string of the molecule is O=C(COC(=O)c1cc(Br)ccc1O)Nc1ccc([N+](=O)[O-])cc1Br. The molecule has 0 aliphatic carbocycles. The van der Waals surface area contributed by atoms with Crippen LogP contribution in [0.25, 0.3) is 0 Å². The molecule has 0 unspecified atom stereocenters. The van der Waals surface area contributed by atoms with Crippen LogP contribution in [0, 0.1) is 10.1 Å². The van der Waals surface area contributed by atoms with E-state index in [9.17, 15) is 24.8 Å². The molecule has 0 fully saturated rings. The van der Waals surface area contributed by atoms with E-state index in [1.165, 1.54) is 30.3 Å². The molecule has 0 spiro atoms. The van der Waals surface area contributed by atoms with Crippen molar-refractivity contribution in [3.63, 3.8) is 0 Å². The molecule has 0 saturated heterocycles. The topological polar surface area (TPSA) is 119 Å². The monoisotopic (exact) mass is 472 g/mol. The lowest BCUT2D eigenvalue weighted by Gasteiger charge is -2.09. The Balaban J connectivity index is 1.98. The third kappa shape index (κ3) is 5.00. The van der Waals surface area contributed by atoms with Crippen LogP contribution < -0.4 is 5.32 Å².